The highest BCUT2D eigenvalue weighted by molar-refractivity contribution is 5.91. The van der Waals surface area contributed by atoms with Gasteiger partial charge in [-0.05, 0) is 49.7 Å². The molecule has 1 radical (unpaired) electrons. The van der Waals surface area contributed by atoms with Crippen molar-refractivity contribution in [2.75, 3.05) is 23.4 Å². The molecule has 5 nitrogen and oxygen atoms in total. The van der Waals surface area contributed by atoms with Gasteiger partial charge in [-0.3, -0.25) is 0 Å². The Bertz CT molecular complexity index is 943. The molecule has 0 aliphatic heterocycles. The van der Waals surface area contributed by atoms with Crippen molar-refractivity contribution in [1.82, 2.24) is 9.97 Å². The van der Waals surface area contributed by atoms with Crippen molar-refractivity contribution in [3.05, 3.63) is 53.3 Å². The highest BCUT2D eigenvalue weighted by Gasteiger charge is 2.15. The lowest BCUT2D eigenvalue weighted by molar-refractivity contribution is 0.151. The smallest absolute Gasteiger partial charge is 0.263 e. The number of fused-ring (bicyclic) bond motifs is 1. The van der Waals surface area contributed by atoms with Gasteiger partial charge in [0.25, 0.3) is 6.43 Å². The maximum atomic E-state index is 13.1. The van der Waals surface area contributed by atoms with Crippen molar-refractivity contribution >= 4 is 28.1 Å². The molecular weight excluding hydrogens is 336 g/mol. The van der Waals surface area contributed by atoms with Crippen LogP contribution in [0.5, 0.6) is 0 Å². The molecule has 0 unspecified atom stereocenters. The Morgan fingerprint density at radius 3 is 2.54 bits per heavy atom. The minimum absolute atomic E-state index is 0.0931. The average Bonchev–Trinajstić information content (AvgIpc) is 2.60. The van der Waals surface area contributed by atoms with E-state index in [1.54, 1.807) is 26.1 Å². The van der Waals surface area contributed by atoms with Crippen LogP contribution in [0.1, 0.15) is 36.3 Å². The molecule has 0 spiro atoms. The standard InChI is InChI=1S/C19H20F2N5/c1-10(12-6-13(18(20)21)8-14(22)7-12)24-19-16-9-15(23-3)4-5-17(16)25-11(2)26-19/h5-10,18,23H,22H2,1-3H3,(H,24,25,26)/t10-/m1/s1. The number of nitrogen functional groups attached to an aromatic ring is 1. The molecule has 7 heteroatoms. The number of halogens is 2. The average molecular weight is 356 g/mol. The molecule has 0 saturated carbocycles. The summed E-state index contributed by atoms with van der Waals surface area (Å²) in [5, 5.41) is 7.15. The van der Waals surface area contributed by atoms with Crippen molar-refractivity contribution in [1.29, 1.82) is 0 Å². The molecular formula is C19H20F2N5. The lowest BCUT2D eigenvalue weighted by Crippen LogP contribution is -2.10. The summed E-state index contributed by atoms with van der Waals surface area (Å²) in [6, 6.07) is 11.0. The van der Waals surface area contributed by atoms with Crippen LogP contribution < -0.4 is 16.4 Å². The van der Waals surface area contributed by atoms with Gasteiger partial charge in [-0.2, -0.15) is 0 Å². The third kappa shape index (κ3) is 3.66. The Kier molecular flexibility index (Phi) is 4.88. The topological polar surface area (TPSA) is 75.9 Å². The fourth-order valence-corrected chi connectivity index (χ4v) is 2.81. The van der Waals surface area contributed by atoms with E-state index in [0.717, 1.165) is 16.6 Å². The third-order valence-electron chi connectivity index (χ3n) is 4.11. The Hall–Kier alpha value is -2.96. The molecule has 2 aromatic carbocycles. The molecule has 0 saturated heterocycles. The predicted molar refractivity (Wildman–Crippen MR) is 101 cm³/mol. The zero-order chi connectivity index (χ0) is 18.8. The van der Waals surface area contributed by atoms with E-state index in [1.165, 1.54) is 12.1 Å². The van der Waals surface area contributed by atoms with Crippen LogP contribution >= 0.6 is 0 Å². The summed E-state index contributed by atoms with van der Waals surface area (Å²) in [6.45, 7) is 3.68. The number of hydrogen-bond acceptors (Lipinski definition) is 5. The van der Waals surface area contributed by atoms with Crippen LogP contribution in [0.4, 0.5) is 26.0 Å². The van der Waals surface area contributed by atoms with Crippen LogP contribution in [0, 0.1) is 13.0 Å². The van der Waals surface area contributed by atoms with E-state index in [0.29, 0.717) is 22.9 Å². The molecule has 0 aliphatic carbocycles. The van der Waals surface area contributed by atoms with Crippen LogP contribution in [-0.4, -0.2) is 17.0 Å². The Morgan fingerprint density at radius 1 is 1.12 bits per heavy atom. The van der Waals surface area contributed by atoms with Crippen LogP contribution in [-0.2, 0) is 0 Å². The second-order valence-electron chi connectivity index (χ2n) is 6.11. The molecule has 135 valence electrons. The van der Waals surface area contributed by atoms with Crippen LogP contribution in [0.25, 0.3) is 10.9 Å². The van der Waals surface area contributed by atoms with Gasteiger partial charge in [0, 0.05) is 35.4 Å². The van der Waals surface area contributed by atoms with Gasteiger partial charge in [0.05, 0.1) is 11.6 Å². The minimum atomic E-state index is -2.57. The lowest BCUT2D eigenvalue weighted by atomic mass is 10.0. The van der Waals surface area contributed by atoms with Crippen molar-refractivity contribution < 1.29 is 8.78 Å². The Labute approximate surface area is 150 Å². The monoisotopic (exact) mass is 356 g/mol. The van der Waals surface area contributed by atoms with Gasteiger partial charge in [0.2, 0.25) is 0 Å². The molecule has 0 bridgehead atoms. The molecule has 3 rings (SSSR count). The van der Waals surface area contributed by atoms with Crippen molar-refractivity contribution in [2.45, 2.75) is 26.3 Å². The molecule has 1 aromatic heterocycles. The molecule has 3 aromatic rings. The van der Waals surface area contributed by atoms with Crippen LogP contribution in [0.15, 0.2) is 30.3 Å². The van der Waals surface area contributed by atoms with E-state index in [2.05, 4.69) is 26.7 Å². The Balaban J connectivity index is 2.00. The van der Waals surface area contributed by atoms with Gasteiger partial charge in [-0.25, -0.2) is 18.7 Å². The number of alkyl halides is 2. The van der Waals surface area contributed by atoms with Gasteiger partial charge >= 0.3 is 0 Å². The van der Waals surface area contributed by atoms with E-state index in [4.69, 9.17) is 5.73 Å². The van der Waals surface area contributed by atoms with Crippen LogP contribution in [0.3, 0.4) is 0 Å². The number of benzene rings is 2. The number of anilines is 3. The van der Waals surface area contributed by atoms with E-state index < -0.39 is 6.43 Å². The minimum Gasteiger partial charge on any atom is -0.399 e. The number of aromatic nitrogens is 2. The van der Waals surface area contributed by atoms with Gasteiger partial charge in [0.1, 0.15) is 11.6 Å². The normalized spacial score (nSPS) is 12.4. The molecule has 0 amide bonds. The number of aryl methyl sites for hydroxylation is 1. The summed E-state index contributed by atoms with van der Waals surface area (Å²) in [7, 11) is 1.81. The Morgan fingerprint density at radius 2 is 1.85 bits per heavy atom. The summed E-state index contributed by atoms with van der Waals surface area (Å²) in [5.74, 6) is 1.24. The molecule has 0 aliphatic rings. The summed E-state index contributed by atoms with van der Waals surface area (Å²) >= 11 is 0. The largest absolute Gasteiger partial charge is 0.399 e. The highest BCUT2D eigenvalue weighted by atomic mass is 19.3. The second kappa shape index (κ2) is 7.11. The lowest BCUT2D eigenvalue weighted by Gasteiger charge is -2.18. The SMILES string of the molecule is CNc1[c]cc2nc(C)nc(N[C@H](C)c3cc(N)cc(C(F)F)c3)c2c1. The molecule has 1 atom stereocenters. The molecule has 4 N–H and O–H groups in total. The zero-order valence-corrected chi connectivity index (χ0v) is 14.8. The third-order valence-corrected chi connectivity index (χ3v) is 4.11. The molecule has 1 heterocycles. The van der Waals surface area contributed by atoms with E-state index in [9.17, 15) is 8.78 Å². The fraction of sp³-hybridized carbons (Fsp3) is 0.263. The first kappa shape index (κ1) is 17.8. The summed E-state index contributed by atoms with van der Waals surface area (Å²) < 4.78 is 26.1. The van der Waals surface area contributed by atoms with Gasteiger partial charge in [0.15, 0.2) is 0 Å². The summed E-state index contributed by atoms with van der Waals surface area (Å²) in [5.41, 5.74) is 8.23. The first-order valence-electron chi connectivity index (χ1n) is 8.20. The molecule has 0 fully saturated rings. The summed E-state index contributed by atoms with van der Waals surface area (Å²) in [6.07, 6.45) is -2.57. The van der Waals surface area contributed by atoms with Crippen molar-refractivity contribution in [3.63, 3.8) is 0 Å². The first-order valence-corrected chi connectivity index (χ1v) is 8.20. The quantitative estimate of drug-likeness (QED) is 0.588. The second-order valence-corrected chi connectivity index (χ2v) is 6.11. The van der Waals surface area contributed by atoms with Gasteiger partial charge in [-0.1, -0.05) is 0 Å². The number of nitrogens with one attached hydrogen (secondary N) is 2. The van der Waals surface area contributed by atoms with Crippen molar-refractivity contribution in [2.24, 2.45) is 0 Å². The molecule has 26 heavy (non-hydrogen) atoms. The van der Waals surface area contributed by atoms with E-state index in [-0.39, 0.29) is 11.6 Å². The van der Waals surface area contributed by atoms with E-state index >= 15 is 0 Å². The first-order chi connectivity index (χ1) is 12.4. The predicted octanol–water partition coefficient (Wildman–Crippen LogP) is 4.47. The van der Waals surface area contributed by atoms with E-state index in [1.807, 2.05) is 13.0 Å². The highest BCUT2D eigenvalue weighted by Crippen LogP contribution is 2.30. The summed E-state index contributed by atoms with van der Waals surface area (Å²) in [4.78, 5) is 8.89. The van der Waals surface area contributed by atoms with Crippen LogP contribution in [0.2, 0.25) is 0 Å². The van der Waals surface area contributed by atoms with Crippen molar-refractivity contribution in [3.8, 4) is 0 Å². The fourth-order valence-electron chi connectivity index (χ4n) is 2.81. The number of nitrogens with two attached hydrogens (primary N) is 1. The maximum Gasteiger partial charge on any atom is 0.263 e. The number of hydrogen-bond donors (Lipinski definition) is 3. The zero-order valence-electron chi connectivity index (χ0n) is 14.8. The van der Waals surface area contributed by atoms with Gasteiger partial charge in [-0.15, -0.1) is 0 Å². The number of rotatable bonds is 5. The maximum absolute atomic E-state index is 13.1. The number of nitrogens with zero attached hydrogens (tertiary/aromatic N) is 2. The van der Waals surface area contributed by atoms with Gasteiger partial charge < -0.3 is 16.4 Å².